The van der Waals surface area contributed by atoms with Gasteiger partial charge in [-0.1, -0.05) is 6.07 Å². The highest BCUT2D eigenvalue weighted by atomic mass is 16.3. The summed E-state index contributed by atoms with van der Waals surface area (Å²) in [5.41, 5.74) is 1.45. The van der Waals surface area contributed by atoms with E-state index < -0.39 is 0 Å². The molecule has 110 valence electrons. The van der Waals surface area contributed by atoms with Crippen LogP contribution in [0.25, 0.3) is 11.0 Å². The summed E-state index contributed by atoms with van der Waals surface area (Å²) in [6.45, 7) is 3.37. The standard InChI is InChI=1S/C17H20N2O2/c20-17(14-2-1-13-5-8-21-16(13)10-14)18-15-9-12-3-6-19(11-15)7-4-12/h1-2,5,8,10,12,15H,3-4,6-7,9,11H2,(H,18,20)/t15-/m1/s1. The molecule has 0 saturated carbocycles. The van der Waals surface area contributed by atoms with Crippen LogP contribution in [0.15, 0.2) is 34.9 Å². The van der Waals surface area contributed by atoms with Crippen LogP contribution in [0.5, 0.6) is 0 Å². The molecule has 0 radical (unpaired) electrons. The summed E-state index contributed by atoms with van der Waals surface area (Å²) in [5.74, 6) is 0.794. The van der Waals surface area contributed by atoms with Crippen LogP contribution in [0.4, 0.5) is 0 Å². The van der Waals surface area contributed by atoms with Crippen molar-refractivity contribution in [3.63, 3.8) is 0 Å². The summed E-state index contributed by atoms with van der Waals surface area (Å²) in [7, 11) is 0. The first kappa shape index (κ1) is 12.9. The summed E-state index contributed by atoms with van der Waals surface area (Å²) < 4.78 is 5.37. The van der Waals surface area contributed by atoms with Crippen molar-refractivity contribution >= 4 is 16.9 Å². The van der Waals surface area contributed by atoms with E-state index in [1.54, 1.807) is 6.26 Å². The average Bonchev–Trinajstić information content (AvgIpc) is 2.78. The van der Waals surface area contributed by atoms with E-state index >= 15 is 0 Å². The largest absolute Gasteiger partial charge is 0.464 e. The van der Waals surface area contributed by atoms with E-state index in [-0.39, 0.29) is 11.9 Å². The van der Waals surface area contributed by atoms with Gasteiger partial charge in [0.1, 0.15) is 5.58 Å². The molecule has 2 bridgehead atoms. The minimum Gasteiger partial charge on any atom is -0.464 e. The summed E-state index contributed by atoms with van der Waals surface area (Å²) >= 11 is 0. The number of fused-ring (bicyclic) bond motifs is 5. The second kappa shape index (κ2) is 5.19. The average molecular weight is 284 g/mol. The molecule has 1 aromatic heterocycles. The summed E-state index contributed by atoms with van der Waals surface area (Å²) in [6.07, 6.45) is 5.34. The molecule has 3 aliphatic heterocycles. The maximum atomic E-state index is 12.5. The highest BCUT2D eigenvalue weighted by molar-refractivity contribution is 5.97. The first-order chi connectivity index (χ1) is 10.3. The lowest BCUT2D eigenvalue weighted by atomic mass is 9.94. The lowest BCUT2D eigenvalue weighted by molar-refractivity contribution is 0.0929. The van der Waals surface area contributed by atoms with Crippen molar-refractivity contribution in [1.29, 1.82) is 0 Å². The first-order valence-corrected chi connectivity index (χ1v) is 7.78. The van der Waals surface area contributed by atoms with Gasteiger partial charge < -0.3 is 14.6 Å². The van der Waals surface area contributed by atoms with Crippen LogP contribution in [-0.4, -0.2) is 36.5 Å². The van der Waals surface area contributed by atoms with Crippen molar-refractivity contribution in [2.75, 3.05) is 19.6 Å². The zero-order valence-corrected chi connectivity index (χ0v) is 12.0. The third-order valence-corrected chi connectivity index (χ3v) is 4.86. The van der Waals surface area contributed by atoms with Crippen LogP contribution in [0, 0.1) is 5.92 Å². The second-order valence-electron chi connectivity index (χ2n) is 6.32. The molecule has 1 aromatic carbocycles. The van der Waals surface area contributed by atoms with Crippen LogP contribution in [0.1, 0.15) is 29.6 Å². The minimum atomic E-state index is 0.0146. The number of piperidine rings is 1. The van der Waals surface area contributed by atoms with Gasteiger partial charge >= 0.3 is 0 Å². The van der Waals surface area contributed by atoms with Gasteiger partial charge in [-0.15, -0.1) is 0 Å². The lowest BCUT2D eigenvalue weighted by Crippen LogP contribution is -2.41. The van der Waals surface area contributed by atoms with Gasteiger partial charge in [-0.3, -0.25) is 4.79 Å². The third-order valence-electron chi connectivity index (χ3n) is 4.86. The van der Waals surface area contributed by atoms with E-state index in [2.05, 4.69) is 10.2 Å². The molecule has 4 nitrogen and oxygen atoms in total. The van der Waals surface area contributed by atoms with Crippen molar-refractivity contribution in [3.05, 3.63) is 36.1 Å². The summed E-state index contributed by atoms with van der Waals surface area (Å²) in [5, 5.41) is 4.24. The molecule has 3 aliphatic rings. The molecule has 1 atom stereocenters. The lowest BCUT2D eigenvalue weighted by Gasteiger charge is -2.26. The summed E-state index contributed by atoms with van der Waals surface area (Å²) in [4.78, 5) is 14.9. The molecule has 5 rings (SSSR count). The Kier molecular flexibility index (Phi) is 3.19. The number of nitrogens with zero attached hydrogens (tertiary/aromatic N) is 1. The second-order valence-corrected chi connectivity index (χ2v) is 6.32. The Morgan fingerprint density at radius 3 is 2.95 bits per heavy atom. The molecule has 2 aromatic rings. The summed E-state index contributed by atoms with van der Waals surface area (Å²) in [6, 6.07) is 7.83. The number of nitrogens with one attached hydrogen (secondary N) is 1. The molecule has 0 spiro atoms. The fourth-order valence-electron chi connectivity index (χ4n) is 3.66. The maximum Gasteiger partial charge on any atom is 0.251 e. The molecule has 1 amide bonds. The number of rotatable bonds is 2. The zero-order valence-electron chi connectivity index (χ0n) is 12.0. The van der Waals surface area contributed by atoms with E-state index in [4.69, 9.17) is 4.42 Å². The smallest absolute Gasteiger partial charge is 0.251 e. The van der Waals surface area contributed by atoms with Gasteiger partial charge in [-0.2, -0.15) is 0 Å². The molecule has 3 saturated heterocycles. The van der Waals surface area contributed by atoms with Crippen molar-refractivity contribution < 1.29 is 9.21 Å². The van der Waals surface area contributed by atoms with E-state index in [0.717, 1.165) is 29.9 Å². The highest BCUT2D eigenvalue weighted by Crippen LogP contribution is 2.27. The van der Waals surface area contributed by atoms with Gasteiger partial charge in [-0.25, -0.2) is 0 Å². The maximum absolute atomic E-state index is 12.5. The predicted molar refractivity (Wildman–Crippen MR) is 81.2 cm³/mol. The monoisotopic (exact) mass is 284 g/mol. The zero-order chi connectivity index (χ0) is 14.2. The van der Waals surface area contributed by atoms with Gasteiger partial charge in [0.05, 0.1) is 6.26 Å². The molecule has 3 fully saturated rings. The molecule has 4 heterocycles. The van der Waals surface area contributed by atoms with Gasteiger partial charge in [0.25, 0.3) is 5.91 Å². The Labute approximate surface area is 124 Å². The molecular formula is C17H20N2O2. The van der Waals surface area contributed by atoms with Gasteiger partial charge in [0.15, 0.2) is 0 Å². The number of carbonyl (C=O) groups excluding carboxylic acids is 1. The van der Waals surface area contributed by atoms with Crippen LogP contribution in [-0.2, 0) is 0 Å². The number of amides is 1. The number of benzene rings is 1. The predicted octanol–water partition coefficient (Wildman–Crippen LogP) is 2.65. The number of carbonyl (C=O) groups is 1. The Morgan fingerprint density at radius 1 is 1.24 bits per heavy atom. The number of furan rings is 1. The molecule has 1 N–H and O–H groups in total. The normalized spacial score (nSPS) is 28.5. The SMILES string of the molecule is O=C(N[C@@H]1CC2CCN(CC2)C1)c1ccc2ccoc2c1. The van der Waals surface area contributed by atoms with Crippen LogP contribution >= 0.6 is 0 Å². The van der Waals surface area contributed by atoms with E-state index in [9.17, 15) is 4.79 Å². The van der Waals surface area contributed by atoms with E-state index in [1.807, 2.05) is 24.3 Å². The van der Waals surface area contributed by atoms with Gasteiger partial charge in [-0.05, 0) is 56.5 Å². The first-order valence-electron chi connectivity index (χ1n) is 7.78. The van der Waals surface area contributed by atoms with Gasteiger partial charge in [0.2, 0.25) is 0 Å². The van der Waals surface area contributed by atoms with Gasteiger partial charge in [0, 0.05) is 23.5 Å². The third kappa shape index (κ3) is 2.56. The van der Waals surface area contributed by atoms with Crippen molar-refractivity contribution in [3.8, 4) is 0 Å². The van der Waals surface area contributed by atoms with Crippen molar-refractivity contribution in [1.82, 2.24) is 10.2 Å². The van der Waals surface area contributed by atoms with Crippen LogP contribution < -0.4 is 5.32 Å². The van der Waals surface area contributed by atoms with Crippen molar-refractivity contribution in [2.45, 2.75) is 25.3 Å². The fraction of sp³-hybridized carbons (Fsp3) is 0.471. The molecule has 0 unspecified atom stereocenters. The Bertz CT molecular complexity index is 642. The number of hydrogen-bond donors (Lipinski definition) is 1. The highest BCUT2D eigenvalue weighted by Gasteiger charge is 2.29. The molecule has 0 aliphatic carbocycles. The molecular weight excluding hydrogens is 264 g/mol. The Hall–Kier alpha value is -1.81. The quantitative estimate of drug-likeness (QED) is 0.922. The topological polar surface area (TPSA) is 45.5 Å². The van der Waals surface area contributed by atoms with Crippen LogP contribution in [0.2, 0.25) is 0 Å². The van der Waals surface area contributed by atoms with Crippen LogP contribution in [0.3, 0.4) is 0 Å². The fourth-order valence-corrected chi connectivity index (χ4v) is 3.66. The Balaban J connectivity index is 1.49. The number of hydrogen-bond acceptors (Lipinski definition) is 3. The molecule has 21 heavy (non-hydrogen) atoms. The minimum absolute atomic E-state index is 0.0146. The molecule has 4 heteroatoms. The van der Waals surface area contributed by atoms with E-state index in [1.165, 1.54) is 25.9 Å². The van der Waals surface area contributed by atoms with Crippen molar-refractivity contribution in [2.24, 2.45) is 5.92 Å². The van der Waals surface area contributed by atoms with E-state index in [0.29, 0.717) is 5.56 Å². The Morgan fingerprint density at radius 2 is 2.10 bits per heavy atom.